The molecule has 0 amide bonds. The van der Waals surface area contributed by atoms with Gasteiger partial charge in [0, 0.05) is 6.10 Å². The Kier molecular flexibility index (Phi) is 5.43. The molecule has 0 heterocycles. The molecule has 0 atom stereocenters. The molecule has 2 heteroatoms. The van der Waals surface area contributed by atoms with Crippen LogP contribution in [0.15, 0.2) is 0 Å². The smallest absolute Gasteiger partial charge is 0.161 e. The highest BCUT2D eigenvalue weighted by molar-refractivity contribution is 6.27. The molecule has 0 saturated carbocycles. The third kappa shape index (κ3) is 6.18. The second kappa shape index (κ2) is 5.32. The van der Waals surface area contributed by atoms with Gasteiger partial charge in [0.25, 0.3) is 0 Å². The van der Waals surface area contributed by atoms with Crippen molar-refractivity contribution in [2.45, 2.75) is 39.3 Å². The fraction of sp³-hybridized carbons (Fsp3) is 1.00. The molecule has 0 aromatic rings. The van der Waals surface area contributed by atoms with Crippen LogP contribution in [0.2, 0.25) is 6.04 Å². The van der Waals surface area contributed by atoms with Gasteiger partial charge >= 0.3 is 0 Å². The first-order chi connectivity index (χ1) is 3.77. The Bertz CT molecular complexity index is 45.8. The second-order valence-corrected chi connectivity index (χ2v) is 3.72. The van der Waals surface area contributed by atoms with Gasteiger partial charge in [-0.15, -0.1) is 0 Å². The van der Waals surface area contributed by atoms with Crippen LogP contribution in [0.5, 0.6) is 0 Å². The van der Waals surface area contributed by atoms with Gasteiger partial charge in [0.15, 0.2) is 9.76 Å². The Morgan fingerprint density at radius 1 is 1.50 bits per heavy atom. The summed E-state index contributed by atoms with van der Waals surface area (Å²) >= 11 is 0. The number of hydrogen-bond acceptors (Lipinski definition) is 1. The van der Waals surface area contributed by atoms with Crippen LogP contribution < -0.4 is 0 Å². The molecule has 0 spiro atoms. The van der Waals surface area contributed by atoms with E-state index in [1.807, 2.05) is 0 Å². The highest BCUT2D eigenvalue weighted by Crippen LogP contribution is 1.90. The maximum absolute atomic E-state index is 5.42. The van der Waals surface area contributed by atoms with E-state index in [0.717, 1.165) is 0 Å². The zero-order chi connectivity index (χ0) is 6.41. The summed E-state index contributed by atoms with van der Waals surface area (Å²) < 4.78 is 5.42. The van der Waals surface area contributed by atoms with Crippen molar-refractivity contribution >= 4 is 9.76 Å². The lowest BCUT2D eigenvalue weighted by Gasteiger charge is -2.04. The first kappa shape index (κ1) is 8.18. The molecule has 0 aliphatic rings. The maximum atomic E-state index is 5.42. The van der Waals surface area contributed by atoms with Crippen LogP contribution in [0.1, 0.15) is 27.2 Å². The first-order valence-corrected chi connectivity index (χ1v) is 4.96. The van der Waals surface area contributed by atoms with Gasteiger partial charge < -0.3 is 4.43 Å². The quantitative estimate of drug-likeness (QED) is 0.414. The standard InChI is InChI=1S/C6H16OSi/c1-4-5-8-7-6(2)3/h6H,4-5,8H2,1-3H3. The SMILES string of the molecule is CCC[SiH2]OC(C)C. The first-order valence-electron chi connectivity index (χ1n) is 3.39. The zero-order valence-electron chi connectivity index (χ0n) is 6.11. The number of hydrogen-bond donors (Lipinski definition) is 0. The van der Waals surface area contributed by atoms with Crippen LogP contribution in [0.4, 0.5) is 0 Å². The molecular weight excluding hydrogens is 116 g/mol. The molecule has 0 aliphatic heterocycles. The fourth-order valence-electron chi connectivity index (χ4n) is 0.463. The maximum Gasteiger partial charge on any atom is 0.161 e. The van der Waals surface area contributed by atoms with E-state index >= 15 is 0 Å². The molecule has 0 bridgehead atoms. The Labute approximate surface area is 54.4 Å². The molecule has 1 nitrogen and oxygen atoms in total. The van der Waals surface area contributed by atoms with Gasteiger partial charge in [-0.3, -0.25) is 0 Å². The van der Waals surface area contributed by atoms with E-state index < -0.39 is 0 Å². The predicted octanol–water partition coefficient (Wildman–Crippen LogP) is 1.32. The Balaban J connectivity index is 2.72. The van der Waals surface area contributed by atoms with Crippen LogP contribution in [-0.4, -0.2) is 15.9 Å². The molecule has 0 aromatic heterocycles. The minimum Gasteiger partial charge on any atom is -0.422 e. The minimum atomic E-state index is -0.136. The summed E-state index contributed by atoms with van der Waals surface area (Å²) in [6.07, 6.45) is 1.76. The topological polar surface area (TPSA) is 9.23 Å². The van der Waals surface area contributed by atoms with E-state index in [0.29, 0.717) is 6.10 Å². The summed E-state index contributed by atoms with van der Waals surface area (Å²) in [6, 6.07) is 1.33. The van der Waals surface area contributed by atoms with E-state index in [9.17, 15) is 0 Å². The molecule has 0 saturated heterocycles. The predicted molar refractivity (Wildman–Crippen MR) is 39.9 cm³/mol. The van der Waals surface area contributed by atoms with Crippen molar-refractivity contribution in [3.05, 3.63) is 0 Å². The molecule has 8 heavy (non-hydrogen) atoms. The van der Waals surface area contributed by atoms with Crippen LogP contribution in [0.25, 0.3) is 0 Å². The van der Waals surface area contributed by atoms with Crippen molar-refractivity contribution in [2.24, 2.45) is 0 Å². The molecular formula is C6H16OSi. The average molecular weight is 132 g/mol. The lowest BCUT2D eigenvalue weighted by atomic mass is 10.5. The molecule has 0 aliphatic carbocycles. The van der Waals surface area contributed by atoms with Gasteiger partial charge in [0.05, 0.1) is 0 Å². The lowest BCUT2D eigenvalue weighted by molar-refractivity contribution is 0.255. The van der Waals surface area contributed by atoms with Crippen molar-refractivity contribution in [1.29, 1.82) is 0 Å². The number of rotatable bonds is 4. The van der Waals surface area contributed by atoms with E-state index in [2.05, 4.69) is 20.8 Å². The molecule has 0 rings (SSSR count). The highest BCUT2D eigenvalue weighted by Gasteiger charge is 1.90. The largest absolute Gasteiger partial charge is 0.422 e. The fourth-order valence-corrected chi connectivity index (χ4v) is 1.39. The van der Waals surface area contributed by atoms with Crippen LogP contribution in [0, 0.1) is 0 Å². The van der Waals surface area contributed by atoms with Crippen molar-refractivity contribution in [3.63, 3.8) is 0 Å². The Hall–Kier alpha value is 0.177. The Morgan fingerprint density at radius 3 is 2.50 bits per heavy atom. The molecule has 0 unspecified atom stereocenters. The molecule has 0 radical (unpaired) electrons. The van der Waals surface area contributed by atoms with Crippen molar-refractivity contribution in [2.75, 3.05) is 0 Å². The van der Waals surface area contributed by atoms with Gasteiger partial charge in [0.2, 0.25) is 0 Å². The molecule has 50 valence electrons. The summed E-state index contributed by atoms with van der Waals surface area (Å²) in [5.41, 5.74) is 0. The summed E-state index contributed by atoms with van der Waals surface area (Å²) in [4.78, 5) is 0. The lowest BCUT2D eigenvalue weighted by Crippen LogP contribution is -2.05. The summed E-state index contributed by atoms with van der Waals surface area (Å²) in [6.45, 7) is 6.40. The van der Waals surface area contributed by atoms with Crippen LogP contribution in [-0.2, 0) is 4.43 Å². The van der Waals surface area contributed by atoms with Crippen molar-refractivity contribution in [1.82, 2.24) is 0 Å². The average Bonchev–Trinajstić information content (AvgIpc) is 1.66. The monoisotopic (exact) mass is 132 g/mol. The van der Waals surface area contributed by atoms with Gasteiger partial charge in [-0.25, -0.2) is 0 Å². The van der Waals surface area contributed by atoms with E-state index in [1.165, 1.54) is 12.5 Å². The second-order valence-electron chi connectivity index (χ2n) is 2.27. The molecule has 0 aromatic carbocycles. The summed E-state index contributed by atoms with van der Waals surface area (Å²) in [5.74, 6) is 0. The minimum absolute atomic E-state index is 0.136. The van der Waals surface area contributed by atoms with Crippen LogP contribution in [0.3, 0.4) is 0 Å². The van der Waals surface area contributed by atoms with E-state index in [4.69, 9.17) is 4.43 Å². The van der Waals surface area contributed by atoms with Gasteiger partial charge in [0.1, 0.15) is 0 Å². The van der Waals surface area contributed by atoms with Gasteiger partial charge in [-0.1, -0.05) is 13.3 Å². The third-order valence-corrected chi connectivity index (χ3v) is 2.85. The molecule has 0 N–H and O–H groups in total. The van der Waals surface area contributed by atoms with Crippen molar-refractivity contribution in [3.8, 4) is 0 Å². The normalized spacial score (nSPS) is 12.0. The van der Waals surface area contributed by atoms with E-state index in [-0.39, 0.29) is 9.76 Å². The van der Waals surface area contributed by atoms with E-state index in [1.54, 1.807) is 0 Å². The van der Waals surface area contributed by atoms with Gasteiger partial charge in [-0.2, -0.15) is 0 Å². The van der Waals surface area contributed by atoms with Gasteiger partial charge in [-0.05, 0) is 19.9 Å². The summed E-state index contributed by atoms with van der Waals surface area (Å²) in [5, 5.41) is 0. The third-order valence-electron chi connectivity index (χ3n) is 0.949. The zero-order valence-corrected chi connectivity index (χ0v) is 7.52. The Morgan fingerprint density at radius 2 is 2.12 bits per heavy atom. The highest BCUT2D eigenvalue weighted by atomic mass is 28.2. The summed E-state index contributed by atoms with van der Waals surface area (Å²) in [7, 11) is -0.136. The van der Waals surface area contributed by atoms with Crippen LogP contribution >= 0.6 is 0 Å². The molecule has 0 fully saturated rings. The van der Waals surface area contributed by atoms with Crippen molar-refractivity contribution < 1.29 is 4.43 Å².